The Labute approximate surface area is 126 Å². The zero-order valence-corrected chi connectivity index (χ0v) is 12.6. The number of hydrogen-bond acceptors (Lipinski definition) is 2. The summed E-state index contributed by atoms with van der Waals surface area (Å²) in [5.74, 6) is 2.51. The third-order valence-electron chi connectivity index (χ3n) is 5.77. The smallest absolute Gasteiger partial charge is 0.306 e. The first-order valence-electron chi connectivity index (χ1n) is 8.47. The van der Waals surface area contributed by atoms with Crippen molar-refractivity contribution in [3.8, 4) is 0 Å². The molecule has 2 nitrogen and oxygen atoms in total. The maximum atomic E-state index is 12.3. The molecule has 4 saturated carbocycles. The average molecular weight is 284 g/mol. The van der Waals surface area contributed by atoms with Gasteiger partial charge in [-0.15, -0.1) is 0 Å². The van der Waals surface area contributed by atoms with Crippen LogP contribution in [0, 0.1) is 17.8 Å². The largest absolute Gasteiger partial charge is 0.459 e. The number of hydrogen-bond donors (Lipinski definition) is 0. The molecule has 5 rings (SSSR count). The van der Waals surface area contributed by atoms with E-state index in [0.29, 0.717) is 6.42 Å². The molecule has 0 amide bonds. The minimum atomic E-state index is -0.0808. The van der Waals surface area contributed by atoms with E-state index in [1.807, 2.05) is 18.2 Å². The van der Waals surface area contributed by atoms with E-state index >= 15 is 0 Å². The third-order valence-corrected chi connectivity index (χ3v) is 5.77. The van der Waals surface area contributed by atoms with Crippen molar-refractivity contribution in [3.63, 3.8) is 0 Å². The summed E-state index contributed by atoms with van der Waals surface area (Å²) < 4.78 is 6.03. The summed E-state index contributed by atoms with van der Waals surface area (Å²) in [4.78, 5) is 12.3. The molecule has 0 heterocycles. The molecule has 4 aliphatic rings. The van der Waals surface area contributed by atoms with Crippen molar-refractivity contribution in [2.75, 3.05) is 0 Å². The number of carbonyl (C=O) groups excluding carboxylic acids is 1. The van der Waals surface area contributed by atoms with E-state index in [-0.39, 0.29) is 11.6 Å². The van der Waals surface area contributed by atoms with Gasteiger partial charge in [0.25, 0.3) is 0 Å². The SMILES string of the molecule is O=C(CCc1ccccc1)OC12CC3CC(CC(C3)C1)C2. The van der Waals surface area contributed by atoms with E-state index in [0.717, 1.165) is 43.4 Å². The van der Waals surface area contributed by atoms with E-state index in [2.05, 4.69) is 12.1 Å². The van der Waals surface area contributed by atoms with Gasteiger partial charge < -0.3 is 4.74 Å². The van der Waals surface area contributed by atoms with Crippen LogP contribution in [0.4, 0.5) is 0 Å². The summed E-state index contributed by atoms with van der Waals surface area (Å²) in [5, 5.41) is 0. The standard InChI is InChI=1S/C19H24O2/c20-18(7-6-14-4-2-1-3-5-14)21-19-11-15-8-16(12-19)10-17(9-15)13-19/h1-5,15-17H,6-13H2. The molecule has 1 aromatic rings. The highest BCUT2D eigenvalue weighted by molar-refractivity contribution is 5.70. The van der Waals surface area contributed by atoms with Crippen LogP contribution in [0.15, 0.2) is 30.3 Å². The number of esters is 1. The van der Waals surface area contributed by atoms with Crippen molar-refractivity contribution in [3.05, 3.63) is 35.9 Å². The molecule has 2 heteroatoms. The molecule has 0 saturated heterocycles. The molecule has 0 aromatic heterocycles. The fourth-order valence-corrected chi connectivity index (χ4v) is 5.34. The Hall–Kier alpha value is -1.31. The first-order valence-corrected chi connectivity index (χ1v) is 8.47. The number of rotatable bonds is 4. The lowest BCUT2D eigenvalue weighted by Gasteiger charge is -2.55. The van der Waals surface area contributed by atoms with Crippen molar-refractivity contribution in [1.29, 1.82) is 0 Å². The quantitative estimate of drug-likeness (QED) is 0.777. The van der Waals surface area contributed by atoms with Crippen LogP contribution in [0.25, 0.3) is 0 Å². The molecule has 4 fully saturated rings. The summed E-state index contributed by atoms with van der Waals surface area (Å²) in [6.07, 6.45) is 8.89. The predicted molar refractivity (Wildman–Crippen MR) is 81.8 cm³/mol. The van der Waals surface area contributed by atoms with Crippen molar-refractivity contribution >= 4 is 5.97 Å². The van der Waals surface area contributed by atoms with Crippen molar-refractivity contribution in [2.45, 2.75) is 57.0 Å². The van der Waals surface area contributed by atoms with Gasteiger partial charge in [0, 0.05) is 6.42 Å². The molecule has 0 N–H and O–H groups in total. The molecular formula is C19H24O2. The lowest BCUT2D eigenvalue weighted by Crippen LogP contribution is -2.52. The maximum Gasteiger partial charge on any atom is 0.306 e. The second-order valence-electron chi connectivity index (χ2n) is 7.56. The molecule has 0 unspecified atom stereocenters. The van der Waals surface area contributed by atoms with Gasteiger partial charge in [0.15, 0.2) is 0 Å². The molecule has 112 valence electrons. The highest BCUT2D eigenvalue weighted by Gasteiger charge is 2.53. The number of benzene rings is 1. The molecule has 4 bridgehead atoms. The fraction of sp³-hybridized carbons (Fsp3) is 0.632. The summed E-state index contributed by atoms with van der Waals surface area (Å²) in [7, 11) is 0. The maximum absolute atomic E-state index is 12.3. The Bertz CT molecular complexity index is 484. The topological polar surface area (TPSA) is 26.3 Å². The summed E-state index contributed by atoms with van der Waals surface area (Å²) in [5.41, 5.74) is 1.14. The number of aryl methyl sites for hydroxylation is 1. The van der Waals surface area contributed by atoms with Crippen LogP contribution in [0.3, 0.4) is 0 Å². The molecule has 21 heavy (non-hydrogen) atoms. The van der Waals surface area contributed by atoms with Gasteiger partial charge in [0.2, 0.25) is 0 Å². The summed E-state index contributed by atoms with van der Waals surface area (Å²) >= 11 is 0. The Balaban J connectivity index is 1.36. The minimum Gasteiger partial charge on any atom is -0.459 e. The first kappa shape index (κ1) is 13.4. The lowest BCUT2D eigenvalue weighted by atomic mass is 9.54. The van der Waals surface area contributed by atoms with Gasteiger partial charge >= 0.3 is 5.97 Å². The van der Waals surface area contributed by atoms with Crippen LogP contribution in [0.2, 0.25) is 0 Å². The van der Waals surface area contributed by atoms with Crippen molar-refractivity contribution < 1.29 is 9.53 Å². The molecule has 0 atom stereocenters. The van der Waals surface area contributed by atoms with Crippen LogP contribution in [0.5, 0.6) is 0 Å². The van der Waals surface area contributed by atoms with Crippen LogP contribution in [-0.2, 0) is 16.0 Å². The van der Waals surface area contributed by atoms with Crippen LogP contribution in [0.1, 0.15) is 50.5 Å². The van der Waals surface area contributed by atoms with Gasteiger partial charge in [-0.05, 0) is 68.3 Å². The highest BCUT2D eigenvalue weighted by atomic mass is 16.6. The molecule has 1 aromatic carbocycles. The minimum absolute atomic E-state index is 0.0146. The van der Waals surface area contributed by atoms with Crippen molar-refractivity contribution in [2.24, 2.45) is 17.8 Å². The van der Waals surface area contributed by atoms with Gasteiger partial charge in [-0.2, -0.15) is 0 Å². The average Bonchev–Trinajstić information content (AvgIpc) is 2.44. The number of ether oxygens (including phenoxy) is 1. The van der Waals surface area contributed by atoms with Gasteiger partial charge in [0.1, 0.15) is 5.60 Å². The van der Waals surface area contributed by atoms with E-state index < -0.39 is 0 Å². The van der Waals surface area contributed by atoms with Crippen LogP contribution in [-0.4, -0.2) is 11.6 Å². The summed E-state index contributed by atoms with van der Waals surface area (Å²) in [6, 6.07) is 10.2. The van der Waals surface area contributed by atoms with Crippen LogP contribution >= 0.6 is 0 Å². The number of carbonyl (C=O) groups is 1. The first-order chi connectivity index (χ1) is 10.2. The van der Waals surface area contributed by atoms with E-state index in [4.69, 9.17) is 4.74 Å². The molecule has 4 aliphatic carbocycles. The van der Waals surface area contributed by atoms with E-state index in [1.165, 1.54) is 24.8 Å². The van der Waals surface area contributed by atoms with E-state index in [1.54, 1.807) is 0 Å². The second-order valence-corrected chi connectivity index (χ2v) is 7.56. The van der Waals surface area contributed by atoms with Crippen molar-refractivity contribution in [1.82, 2.24) is 0 Å². The zero-order chi connectivity index (χ0) is 14.3. The molecule has 0 spiro atoms. The Morgan fingerprint density at radius 3 is 2.14 bits per heavy atom. The fourth-order valence-electron chi connectivity index (χ4n) is 5.34. The highest BCUT2D eigenvalue weighted by Crippen LogP contribution is 2.57. The monoisotopic (exact) mass is 284 g/mol. The Kier molecular flexibility index (Phi) is 3.28. The zero-order valence-electron chi connectivity index (χ0n) is 12.6. The lowest BCUT2D eigenvalue weighted by molar-refractivity contribution is -0.186. The van der Waals surface area contributed by atoms with E-state index in [9.17, 15) is 4.79 Å². The van der Waals surface area contributed by atoms with Gasteiger partial charge in [0.05, 0.1) is 0 Å². The summed E-state index contributed by atoms with van der Waals surface area (Å²) in [6.45, 7) is 0. The Morgan fingerprint density at radius 1 is 1.00 bits per heavy atom. The van der Waals surface area contributed by atoms with Gasteiger partial charge in [-0.3, -0.25) is 4.79 Å². The van der Waals surface area contributed by atoms with Crippen LogP contribution < -0.4 is 0 Å². The predicted octanol–water partition coefficient (Wildman–Crippen LogP) is 4.13. The van der Waals surface area contributed by atoms with Gasteiger partial charge in [-0.1, -0.05) is 30.3 Å². The molecule has 0 radical (unpaired) electrons. The molecular weight excluding hydrogens is 260 g/mol. The normalized spacial score (nSPS) is 36.7. The van der Waals surface area contributed by atoms with Gasteiger partial charge in [-0.25, -0.2) is 0 Å². The molecule has 0 aliphatic heterocycles. The second kappa shape index (κ2) is 5.15. The third kappa shape index (κ3) is 2.73. The Morgan fingerprint density at radius 2 is 1.57 bits per heavy atom.